The summed E-state index contributed by atoms with van der Waals surface area (Å²) in [6, 6.07) is 0. The molecular formula is C4H5Cl2N. The van der Waals surface area contributed by atoms with Gasteiger partial charge in [0.15, 0.2) is 4.33 Å². The van der Waals surface area contributed by atoms with E-state index in [0.29, 0.717) is 5.71 Å². The van der Waals surface area contributed by atoms with E-state index in [9.17, 15) is 0 Å². The van der Waals surface area contributed by atoms with E-state index in [2.05, 4.69) is 0 Å². The summed E-state index contributed by atoms with van der Waals surface area (Å²) in [4.78, 5) is 0. The molecule has 0 radical (unpaired) electrons. The van der Waals surface area contributed by atoms with Gasteiger partial charge >= 0.3 is 0 Å². The van der Waals surface area contributed by atoms with Crippen molar-refractivity contribution in [3.8, 4) is 0 Å². The van der Waals surface area contributed by atoms with Gasteiger partial charge in [0.25, 0.3) is 0 Å². The van der Waals surface area contributed by atoms with Gasteiger partial charge in [0, 0.05) is 5.71 Å². The Labute approximate surface area is 52.1 Å². The first-order valence-corrected chi connectivity index (χ1v) is 2.84. The summed E-state index contributed by atoms with van der Waals surface area (Å²) in [6.07, 6.45) is 1.52. The van der Waals surface area contributed by atoms with E-state index in [1.807, 2.05) is 0 Å². The third-order valence-electron chi connectivity index (χ3n) is 1.13. The number of hydrogen-bond donors (Lipinski definition) is 1. The lowest BCUT2D eigenvalue weighted by atomic mass is 9.96. The second-order valence-electron chi connectivity index (χ2n) is 1.68. The van der Waals surface area contributed by atoms with Crippen LogP contribution in [0, 0.1) is 5.41 Å². The van der Waals surface area contributed by atoms with Gasteiger partial charge in [0.2, 0.25) is 0 Å². The van der Waals surface area contributed by atoms with Crippen LogP contribution in [0.5, 0.6) is 0 Å². The van der Waals surface area contributed by atoms with Crippen molar-refractivity contribution >= 4 is 28.9 Å². The third-order valence-corrected chi connectivity index (χ3v) is 1.96. The molecular weight excluding hydrogens is 133 g/mol. The van der Waals surface area contributed by atoms with Gasteiger partial charge in [-0.3, -0.25) is 0 Å². The molecule has 0 heterocycles. The standard InChI is InChI=1S/C4H5Cl2N/c5-4(6)2-1-3(4)7/h7H,1-2H2. The molecule has 7 heavy (non-hydrogen) atoms. The quantitative estimate of drug-likeness (QED) is 0.495. The minimum atomic E-state index is -0.792. The van der Waals surface area contributed by atoms with Crippen molar-refractivity contribution in [3.05, 3.63) is 0 Å². The molecule has 3 heteroatoms. The van der Waals surface area contributed by atoms with Crippen molar-refractivity contribution < 1.29 is 0 Å². The predicted octanol–water partition coefficient (Wildman–Crippen LogP) is 1.97. The van der Waals surface area contributed by atoms with Crippen molar-refractivity contribution in [2.24, 2.45) is 0 Å². The van der Waals surface area contributed by atoms with Crippen LogP contribution >= 0.6 is 23.2 Å². The Balaban J connectivity index is 2.59. The lowest BCUT2D eigenvalue weighted by molar-refractivity contribution is 0.748. The minimum absolute atomic E-state index is 0.454. The zero-order valence-corrected chi connectivity index (χ0v) is 5.18. The van der Waals surface area contributed by atoms with E-state index in [4.69, 9.17) is 28.6 Å². The topological polar surface area (TPSA) is 23.9 Å². The van der Waals surface area contributed by atoms with E-state index >= 15 is 0 Å². The molecule has 1 fully saturated rings. The smallest absolute Gasteiger partial charge is 0.155 e. The molecule has 40 valence electrons. The molecule has 0 atom stereocenters. The highest BCUT2D eigenvalue weighted by Crippen LogP contribution is 2.38. The van der Waals surface area contributed by atoms with Crippen LogP contribution in [0.4, 0.5) is 0 Å². The second-order valence-corrected chi connectivity index (χ2v) is 3.17. The maximum atomic E-state index is 6.97. The van der Waals surface area contributed by atoms with Gasteiger partial charge in [-0.1, -0.05) is 23.2 Å². The molecule has 0 aliphatic heterocycles. The van der Waals surface area contributed by atoms with Gasteiger partial charge in [-0.15, -0.1) is 0 Å². The largest absolute Gasteiger partial charge is 0.307 e. The molecule has 0 saturated heterocycles. The van der Waals surface area contributed by atoms with E-state index < -0.39 is 4.33 Å². The van der Waals surface area contributed by atoms with E-state index in [1.54, 1.807) is 0 Å². The zero-order valence-electron chi connectivity index (χ0n) is 3.67. The predicted molar refractivity (Wildman–Crippen MR) is 31.4 cm³/mol. The maximum Gasteiger partial charge on any atom is 0.155 e. The molecule has 1 aliphatic rings. The number of halogens is 2. The fourth-order valence-electron chi connectivity index (χ4n) is 0.439. The molecule has 1 saturated carbocycles. The Hall–Kier alpha value is 0.250. The van der Waals surface area contributed by atoms with E-state index in [0.717, 1.165) is 12.8 Å². The number of alkyl halides is 2. The first-order valence-electron chi connectivity index (χ1n) is 2.09. The molecule has 1 rings (SSSR count). The van der Waals surface area contributed by atoms with Crippen molar-refractivity contribution in [1.82, 2.24) is 0 Å². The molecule has 1 aliphatic carbocycles. The second kappa shape index (κ2) is 1.36. The summed E-state index contributed by atoms with van der Waals surface area (Å²) in [5.41, 5.74) is 0.454. The Kier molecular flexibility index (Phi) is 1.05. The molecule has 0 bridgehead atoms. The van der Waals surface area contributed by atoms with Crippen molar-refractivity contribution in [2.45, 2.75) is 17.2 Å². The van der Waals surface area contributed by atoms with Gasteiger partial charge in [-0.2, -0.15) is 0 Å². The van der Waals surface area contributed by atoms with Crippen LogP contribution in [0.25, 0.3) is 0 Å². The highest BCUT2D eigenvalue weighted by atomic mass is 35.5. The Morgan fingerprint density at radius 3 is 2.00 bits per heavy atom. The Bertz CT molecular complexity index is 108. The molecule has 0 aromatic carbocycles. The zero-order chi connectivity index (χ0) is 5.49. The fraction of sp³-hybridized carbons (Fsp3) is 0.750. The number of nitrogens with one attached hydrogen (secondary N) is 1. The molecule has 1 nitrogen and oxygen atoms in total. The summed E-state index contributed by atoms with van der Waals surface area (Å²) in [7, 11) is 0. The SMILES string of the molecule is N=C1CCC1(Cl)Cl. The summed E-state index contributed by atoms with van der Waals surface area (Å²) in [6.45, 7) is 0. The van der Waals surface area contributed by atoms with Crippen LogP contribution in [0.15, 0.2) is 0 Å². The molecule has 0 spiro atoms. The monoisotopic (exact) mass is 137 g/mol. The van der Waals surface area contributed by atoms with Crippen molar-refractivity contribution in [2.75, 3.05) is 0 Å². The van der Waals surface area contributed by atoms with E-state index in [-0.39, 0.29) is 0 Å². The molecule has 0 aromatic rings. The minimum Gasteiger partial charge on any atom is -0.307 e. The van der Waals surface area contributed by atoms with Gasteiger partial charge in [0.05, 0.1) is 0 Å². The maximum absolute atomic E-state index is 6.97. The lowest BCUT2D eigenvalue weighted by Crippen LogP contribution is -2.35. The third kappa shape index (κ3) is 0.752. The molecule has 1 N–H and O–H groups in total. The highest BCUT2D eigenvalue weighted by molar-refractivity contribution is 6.60. The number of rotatable bonds is 0. The molecule has 0 amide bonds. The average molecular weight is 138 g/mol. The Morgan fingerprint density at radius 1 is 1.57 bits per heavy atom. The fourth-order valence-corrected chi connectivity index (χ4v) is 0.817. The van der Waals surface area contributed by atoms with Gasteiger partial charge in [-0.05, 0) is 12.8 Å². The van der Waals surface area contributed by atoms with Gasteiger partial charge in [0.1, 0.15) is 0 Å². The Morgan fingerprint density at radius 2 is 2.00 bits per heavy atom. The summed E-state index contributed by atoms with van der Waals surface area (Å²) >= 11 is 11.0. The summed E-state index contributed by atoms with van der Waals surface area (Å²) in [5, 5.41) is 6.97. The summed E-state index contributed by atoms with van der Waals surface area (Å²) in [5.74, 6) is 0. The van der Waals surface area contributed by atoms with Crippen LogP contribution in [0.1, 0.15) is 12.8 Å². The van der Waals surface area contributed by atoms with Crippen LogP contribution in [-0.2, 0) is 0 Å². The van der Waals surface area contributed by atoms with Crippen molar-refractivity contribution in [3.63, 3.8) is 0 Å². The van der Waals surface area contributed by atoms with Crippen LogP contribution < -0.4 is 0 Å². The first-order chi connectivity index (χ1) is 3.13. The first kappa shape index (κ1) is 5.39. The van der Waals surface area contributed by atoms with Crippen LogP contribution in [-0.4, -0.2) is 10.0 Å². The van der Waals surface area contributed by atoms with Gasteiger partial charge < -0.3 is 5.41 Å². The molecule has 0 unspecified atom stereocenters. The highest BCUT2D eigenvalue weighted by Gasteiger charge is 2.38. The van der Waals surface area contributed by atoms with Gasteiger partial charge in [-0.25, -0.2) is 0 Å². The number of hydrogen-bond acceptors (Lipinski definition) is 1. The normalized spacial score (nSPS) is 26.9. The van der Waals surface area contributed by atoms with Crippen LogP contribution in [0.3, 0.4) is 0 Å². The summed E-state index contributed by atoms with van der Waals surface area (Å²) < 4.78 is -0.792. The lowest BCUT2D eigenvalue weighted by Gasteiger charge is -2.29. The average Bonchev–Trinajstić information content (AvgIpc) is 1.63. The van der Waals surface area contributed by atoms with Crippen molar-refractivity contribution in [1.29, 1.82) is 5.41 Å². The van der Waals surface area contributed by atoms with Crippen LogP contribution in [0.2, 0.25) is 0 Å². The molecule has 0 aromatic heterocycles. The van der Waals surface area contributed by atoms with E-state index in [1.165, 1.54) is 0 Å².